The molecule has 0 radical (unpaired) electrons. The van der Waals surface area contributed by atoms with Crippen LogP contribution >= 0.6 is 11.3 Å². The number of benzene rings is 2. The minimum absolute atomic E-state index is 0.0456. The van der Waals surface area contributed by atoms with Crippen molar-refractivity contribution in [3.8, 4) is 5.75 Å². The third kappa shape index (κ3) is 3.15. The van der Waals surface area contributed by atoms with E-state index in [9.17, 15) is 0 Å². The van der Waals surface area contributed by atoms with Crippen molar-refractivity contribution in [2.75, 3.05) is 6.61 Å². The Labute approximate surface area is 122 Å². The summed E-state index contributed by atoms with van der Waals surface area (Å²) in [6, 6.07) is 17.8. The van der Waals surface area contributed by atoms with E-state index in [-0.39, 0.29) is 6.04 Å². The van der Waals surface area contributed by atoms with Crippen LogP contribution in [-0.2, 0) is 6.42 Å². The predicted octanol–water partition coefficient (Wildman–Crippen LogP) is 3.25. The van der Waals surface area contributed by atoms with Crippen molar-refractivity contribution in [1.82, 2.24) is 4.98 Å². The van der Waals surface area contributed by atoms with E-state index < -0.39 is 0 Å². The predicted molar refractivity (Wildman–Crippen MR) is 83.2 cm³/mol. The summed E-state index contributed by atoms with van der Waals surface area (Å²) in [5, 5.41) is 1.07. The van der Waals surface area contributed by atoms with Crippen LogP contribution in [0.5, 0.6) is 5.75 Å². The number of rotatable bonds is 5. The minimum atomic E-state index is -0.0456. The second kappa shape index (κ2) is 6.03. The van der Waals surface area contributed by atoms with Gasteiger partial charge in [0.25, 0.3) is 0 Å². The van der Waals surface area contributed by atoms with Gasteiger partial charge in [0.2, 0.25) is 0 Å². The number of aromatic nitrogens is 1. The van der Waals surface area contributed by atoms with Crippen LogP contribution in [0.1, 0.15) is 5.01 Å². The maximum Gasteiger partial charge on any atom is 0.119 e. The molecule has 0 saturated carbocycles. The summed E-state index contributed by atoms with van der Waals surface area (Å²) in [7, 11) is 0. The fraction of sp³-hybridized carbons (Fsp3) is 0.188. The van der Waals surface area contributed by atoms with Gasteiger partial charge in [-0.25, -0.2) is 4.98 Å². The first-order chi connectivity index (χ1) is 9.81. The van der Waals surface area contributed by atoms with E-state index in [1.54, 1.807) is 11.3 Å². The van der Waals surface area contributed by atoms with Gasteiger partial charge in [-0.1, -0.05) is 30.3 Å². The summed E-state index contributed by atoms with van der Waals surface area (Å²) in [6.45, 7) is 0.500. The Morgan fingerprint density at radius 1 is 1.05 bits per heavy atom. The Hall–Kier alpha value is -1.91. The van der Waals surface area contributed by atoms with E-state index in [0.717, 1.165) is 22.7 Å². The zero-order valence-corrected chi connectivity index (χ0v) is 11.8. The molecule has 20 heavy (non-hydrogen) atoms. The molecule has 1 atom stereocenters. The number of thiazole rings is 1. The number of nitrogens with two attached hydrogens (primary N) is 1. The molecule has 1 unspecified atom stereocenters. The molecule has 0 fully saturated rings. The molecular formula is C16H16N2OS. The first-order valence-corrected chi connectivity index (χ1v) is 7.41. The topological polar surface area (TPSA) is 48.1 Å². The lowest BCUT2D eigenvalue weighted by atomic mass is 10.2. The van der Waals surface area contributed by atoms with Gasteiger partial charge >= 0.3 is 0 Å². The van der Waals surface area contributed by atoms with Crippen molar-refractivity contribution in [2.45, 2.75) is 12.5 Å². The molecule has 0 spiro atoms. The Morgan fingerprint density at radius 3 is 2.60 bits per heavy atom. The molecule has 3 aromatic rings. The molecule has 2 aromatic carbocycles. The lowest BCUT2D eigenvalue weighted by molar-refractivity contribution is 0.287. The van der Waals surface area contributed by atoms with Gasteiger partial charge in [0.1, 0.15) is 12.4 Å². The van der Waals surface area contributed by atoms with Crippen molar-refractivity contribution in [3.63, 3.8) is 0 Å². The van der Waals surface area contributed by atoms with E-state index in [4.69, 9.17) is 10.5 Å². The van der Waals surface area contributed by atoms with Gasteiger partial charge in [-0.3, -0.25) is 0 Å². The van der Waals surface area contributed by atoms with Crippen LogP contribution in [0, 0.1) is 0 Å². The Morgan fingerprint density at radius 2 is 1.80 bits per heavy atom. The van der Waals surface area contributed by atoms with Crippen molar-refractivity contribution in [1.29, 1.82) is 0 Å². The molecule has 3 nitrogen and oxygen atoms in total. The number of nitrogens with zero attached hydrogens (tertiary/aromatic N) is 1. The number of para-hydroxylation sites is 2. The lowest BCUT2D eigenvalue weighted by Gasteiger charge is -2.11. The van der Waals surface area contributed by atoms with Crippen molar-refractivity contribution in [2.24, 2.45) is 5.73 Å². The molecule has 1 aromatic heterocycles. The van der Waals surface area contributed by atoms with E-state index in [1.165, 1.54) is 4.70 Å². The molecule has 0 bridgehead atoms. The molecule has 102 valence electrons. The van der Waals surface area contributed by atoms with Crippen molar-refractivity contribution >= 4 is 21.6 Å². The second-order valence-electron chi connectivity index (χ2n) is 4.66. The van der Waals surface area contributed by atoms with Crippen LogP contribution < -0.4 is 10.5 Å². The van der Waals surface area contributed by atoms with Gasteiger partial charge < -0.3 is 10.5 Å². The van der Waals surface area contributed by atoms with Crippen LogP contribution in [0.4, 0.5) is 0 Å². The minimum Gasteiger partial charge on any atom is -0.492 e. The average molecular weight is 284 g/mol. The summed E-state index contributed by atoms with van der Waals surface area (Å²) in [4.78, 5) is 4.59. The number of hydrogen-bond acceptors (Lipinski definition) is 4. The summed E-state index contributed by atoms with van der Waals surface area (Å²) >= 11 is 1.70. The van der Waals surface area contributed by atoms with Gasteiger partial charge in [0.05, 0.1) is 15.2 Å². The van der Waals surface area contributed by atoms with E-state index in [2.05, 4.69) is 11.1 Å². The molecule has 0 saturated heterocycles. The fourth-order valence-electron chi connectivity index (χ4n) is 2.01. The standard InChI is InChI=1S/C16H16N2OS/c17-12(11-19-13-6-2-1-3-7-13)10-16-18-14-8-4-5-9-15(14)20-16/h1-9,12H,10-11,17H2. The maximum atomic E-state index is 6.12. The van der Waals surface area contributed by atoms with Crippen molar-refractivity contribution < 1.29 is 4.74 Å². The first-order valence-electron chi connectivity index (χ1n) is 6.59. The van der Waals surface area contributed by atoms with Gasteiger partial charge in [-0.2, -0.15) is 0 Å². The maximum absolute atomic E-state index is 6.12. The zero-order chi connectivity index (χ0) is 13.8. The molecule has 2 N–H and O–H groups in total. The van der Waals surface area contributed by atoms with Crippen LogP contribution in [-0.4, -0.2) is 17.6 Å². The first kappa shape index (κ1) is 13.1. The van der Waals surface area contributed by atoms with E-state index in [1.807, 2.05) is 48.5 Å². The third-order valence-corrected chi connectivity index (χ3v) is 4.04. The van der Waals surface area contributed by atoms with E-state index >= 15 is 0 Å². The molecule has 0 amide bonds. The number of fused-ring (bicyclic) bond motifs is 1. The van der Waals surface area contributed by atoms with Crippen LogP contribution in [0.25, 0.3) is 10.2 Å². The van der Waals surface area contributed by atoms with Gasteiger partial charge in [-0.15, -0.1) is 11.3 Å². The third-order valence-electron chi connectivity index (χ3n) is 2.98. The molecule has 1 heterocycles. The summed E-state index contributed by atoms with van der Waals surface area (Å²) in [5.41, 5.74) is 7.16. The smallest absolute Gasteiger partial charge is 0.119 e. The molecule has 0 aliphatic heterocycles. The van der Waals surface area contributed by atoms with Gasteiger partial charge in [0.15, 0.2) is 0 Å². The largest absolute Gasteiger partial charge is 0.492 e. The summed E-state index contributed by atoms with van der Waals surface area (Å²) in [6.07, 6.45) is 0.742. The van der Waals surface area contributed by atoms with Crippen LogP contribution in [0.15, 0.2) is 54.6 Å². The normalized spacial score (nSPS) is 12.4. The average Bonchev–Trinajstić information content (AvgIpc) is 2.88. The molecule has 0 aliphatic rings. The van der Waals surface area contributed by atoms with Gasteiger partial charge in [-0.05, 0) is 24.3 Å². The van der Waals surface area contributed by atoms with Gasteiger partial charge in [0, 0.05) is 12.5 Å². The molecular weight excluding hydrogens is 268 g/mol. The highest BCUT2D eigenvalue weighted by atomic mass is 32.1. The highest BCUT2D eigenvalue weighted by Crippen LogP contribution is 2.22. The number of hydrogen-bond donors (Lipinski definition) is 1. The highest BCUT2D eigenvalue weighted by molar-refractivity contribution is 7.18. The van der Waals surface area contributed by atoms with Crippen molar-refractivity contribution in [3.05, 3.63) is 59.6 Å². The SMILES string of the molecule is NC(COc1ccccc1)Cc1nc2ccccc2s1. The number of ether oxygens (including phenoxy) is 1. The monoisotopic (exact) mass is 284 g/mol. The lowest BCUT2D eigenvalue weighted by Crippen LogP contribution is -2.30. The van der Waals surface area contributed by atoms with Crippen LogP contribution in [0.2, 0.25) is 0 Å². The Kier molecular flexibility index (Phi) is 3.95. The highest BCUT2D eigenvalue weighted by Gasteiger charge is 2.09. The molecule has 4 heteroatoms. The Balaban J connectivity index is 1.59. The quantitative estimate of drug-likeness (QED) is 0.782. The Bertz CT molecular complexity index is 648. The summed E-state index contributed by atoms with van der Waals surface area (Å²) in [5.74, 6) is 0.854. The summed E-state index contributed by atoms with van der Waals surface area (Å²) < 4.78 is 6.87. The van der Waals surface area contributed by atoms with Crippen LogP contribution in [0.3, 0.4) is 0 Å². The fourth-order valence-corrected chi connectivity index (χ4v) is 3.07. The molecule has 0 aliphatic carbocycles. The zero-order valence-electron chi connectivity index (χ0n) is 11.0. The second-order valence-corrected chi connectivity index (χ2v) is 5.78. The molecule has 3 rings (SSSR count). The van der Waals surface area contributed by atoms with E-state index in [0.29, 0.717) is 6.61 Å².